The van der Waals surface area contributed by atoms with Crippen molar-refractivity contribution in [3.05, 3.63) is 71.9 Å². The molecule has 5 heteroatoms. The van der Waals surface area contributed by atoms with E-state index in [0.717, 1.165) is 30.3 Å². The smallest absolute Gasteiger partial charge is 0.194 e. The van der Waals surface area contributed by atoms with Crippen LogP contribution in [-0.2, 0) is 13.1 Å². The van der Waals surface area contributed by atoms with Crippen LogP contribution in [0.3, 0.4) is 0 Å². The van der Waals surface area contributed by atoms with Gasteiger partial charge in [0, 0.05) is 31.9 Å². The molecule has 3 aromatic rings. The first kappa shape index (κ1) is 18.3. The minimum Gasteiger partial charge on any atom is -0.357 e. The Morgan fingerprint density at radius 2 is 1.79 bits per heavy atom. The van der Waals surface area contributed by atoms with E-state index >= 15 is 0 Å². The van der Waals surface area contributed by atoms with E-state index in [0.29, 0.717) is 0 Å². The average molecular weight is 434 g/mol. The van der Waals surface area contributed by atoms with Crippen LogP contribution >= 0.6 is 24.0 Å². The van der Waals surface area contributed by atoms with Gasteiger partial charge in [0.15, 0.2) is 5.96 Å². The molecular weight excluding hydrogens is 411 g/mol. The molecule has 4 nitrogen and oxygen atoms in total. The van der Waals surface area contributed by atoms with Crippen molar-refractivity contribution in [1.29, 1.82) is 0 Å². The van der Waals surface area contributed by atoms with Crippen LogP contribution in [0.15, 0.2) is 65.7 Å². The van der Waals surface area contributed by atoms with E-state index in [9.17, 15) is 0 Å². The number of nitrogens with zero attached hydrogens (tertiary/aromatic N) is 2. The topological polar surface area (TPSA) is 43.4 Å². The molecule has 0 fully saturated rings. The minimum atomic E-state index is 0. The summed E-state index contributed by atoms with van der Waals surface area (Å²) in [4.78, 5) is 9.92. The molecule has 0 radical (unpaired) electrons. The second-order valence-corrected chi connectivity index (χ2v) is 5.62. The van der Waals surface area contributed by atoms with Crippen LogP contribution in [0.5, 0.6) is 0 Å². The summed E-state index contributed by atoms with van der Waals surface area (Å²) in [5, 5.41) is 4.64. The summed E-state index contributed by atoms with van der Waals surface area (Å²) in [5.74, 6) is 0.882. The maximum Gasteiger partial charge on any atom is 0.194 e. The van der Waals surface area contributed by atoms with Gasteiger partial charge in [0.25, 0.3) is 0 Å². The standard InChI is InChI=1S/C19H22N4.HI/c1-20-19(23(2)14-15-8-4-3-5-9-15)21-13-17-12-16-10-6-7-11-18(16)22-17;/h3-12,22H,13-14H2,1-2H3,(H,20,21);1H. The number of aromatic nitrogens is 1. The Morgan fingerprint density at radius 1 is 1.08 bits per heavy atom. The number of rotatable bonds is 4. The second-order valence-electron chi connectivity index (χ2n) is 5.62. The molecule has 2 aromatic carbocycles. The highest BCUT2D eigenvalue weighted by molar-refractivity contribution is 14.0. The fourth-order valence-electron chi connectivity index (χ4n) is 2.72. The summed E-state index contributed by atoms with van der Waals surface area (Å²) in [5.41, 5.74) is 3.58. The van der Waals surface area contributed by atoms with Crippen LogP contribution in [0, 0.1) is 0 Å². The Morgan fingerprint density at radius 3 is 2.50 bits per heavy atom. The van der Waals surface area contributed by atoms with Gasteiger partial charge in [-0.3, -0.25) is 4.99 Å². The quantitative estimate of drug-likeness (QED) is 0.371. The maximum atomic E-state index is 4.37. The van der Waals surface area contributed by atoms with Gasteiger partial charge < -0.3 is 15.2 Å². The SMILES string of the molecule is CN=C(NCc1cc2ccccc2[nH]1)N(C)Cc1ccccc1.I. The number of H-pyrrole nitrogens is 1. The lowest BCUT2D eigenvalue weighted by atomic mass is 10.2. The third-order valence-electron chi connectivity index (χ3n) is 3.86. The molecule has 3 rings (SSSR count). The van der Waals surface area contributed by atoms with Crippen molar-refractivity contribution >= 4 is 40.8 Å². The number of halogens is 1. The first-order valence-corrected chi connectivity index (χ1v) is 7.78. The number of hydrogen-bond acceptors (Lipinski definition) is 1. The second kappa shape index (κ2) is 8.73. The van der Waals surface area contributed by atoms with Crippen LogP contribution in [0.1, 0.15) is 11.3 Å². The predicted molar refractivity (Wildman–Crippen MR) is 112 cm³/mol. The van der Waals surface area contributed by atoms with E-state index in [2.05, 4.69) is 68.7 Å². The Labute approximate surface area is 160 Å². The summed E-state index contributed by atoms with van der Waals surface area (Å²) >= 11 is 0. The number of hydrogen-bond donors (Lipinski definition) is 2. The fourth-order valence-corrected chi connectivity index (χ4v) is 2.72. The number of benzene rings is 2. The first-order valence-electron chi connectivity index (χ1n) is 7.78. The normalized spacial score (nSPS) is 11.2. The molecule has 0 aliphatic carbocycles. The molecule has 1 heterocycles. The third kappa shape index (κ3) is 4.50. The highest BCUT2D eigenvalue weighted by atomic mass is 127. The summed E-state index contributed by atoms with van der Waals surface area (Å²) in [6.45, 7) is 1.55. The molecule has 0 spiro atoms. The van der Waals surface area contributed by atoms with Gasteiger partial charge in [0.05, 0.1) is 6.54 Å². The molecule has 0 unspecified atom stereocenters. The molecule has 2 N–H and O–H groups in total. The van der Waals surface area contributed by atoms with Crippen LogP contribution < -0.4 is 5.32 Å². The van der Waals surface area contributed by atoms with E-state index in [1.165, 1.54) is 10.9 Å². The van der Waals surface area contributed by atoms with Crippen molar-refractivity contribution in [2.24, 2.45) is 4.99 Å². The third-order valence-corrected chi connectivity index (χ3v) is 3.86. The van der Waals surface area contributed by atoms with Gasteiger partial charge in [-0.05, 0) is 23.1 Å². The lowest BCUT2D eigenvalue weighted by Crippen LogP contribution is -2.38. The number of guanidine groups is 1. The van der Waals surface area contributed by atoms with Crippen molar-refractivity contribution in [2.75, 3.05) is 14.1 Å². The Kier molecular flexibility index (Phi) is 6.66. The zero-order chi connectivity index (χ0) is 16.1. The number of aromatic amines is 1. The van der Waals surface area contributed by atoms with Crippen molar-refractivity contribution in [3.63, 3.8) is 0 Å². The van der Waals surface area contributed by atoms with Gasteiger partial charge in [-0.15, -0.1) is 24.0 Å². The van der Waals surface area contributed by atoms with Crippen LogP contribution in [0.4, 0.5) is 0 Å². The van der Waals surface area contributed by atoms with E-state index in [1.54, 1.807) is 0 Å². The zero-order valence-corrected chi connectivity index (χ0v) is 16.3. The molecule has 126 valence electrons. The largest absolute Gasteiger partial charge is 0.357 e. The molecule has 0 amide bonds. The van der Waals surface area contributed by atoms with Gasteiger partial charge in [0.2, 0.25) is 0 Å². The average Bonchev–Trinajstić information content (AvgIpc) is 2.99. The monoisotopic (exact) mass is 434 g/mol. The molecule has 0 bridgehead atoms. The predicted octanol–water partition coefficient (Wildman–Crippen LogP) is 3.99. The molecule has 0 aliphatic rings. The molecule has 0 saturated carbocycles. The van der Waals surface area contributed by atoms with Crippen molar-refractivity contribution in [3.8, 4) is 0 Å². The van der Waals surface area contributed by atoms with Gasteiger partial charge in [-0.25, -0.2) is 0 Å². The van der Waals surface area contributed by atoms with Gasteiger partial charge >= 0.3 is 0 Å². The van der Waals surface area contributed by atoms with Crippen LogP contribution in [-0.4, -0.2) is 29.9 Å². The summed E-state index contributed by atoms with van der Waals surface area (Å²) in [6.07, 6.45) is 0. The van der Waals surface area contributed by atoms with Crippen molar-refractivity contribution < 1.29 is 0 Å². The van der Waals surface area contributed by atoms with E-state index < -0.39 is 0 Å². The highest BCUT2D eigenvalue weighted by Gasteiger charge is 2.07. The van der Waals surface area contributed by atoms with Crippen molar-refractivity contribution in [2.45, 2.75) is 13.1 Å². The Hall–Kier alpha value is -2.02. The molecule has 1 aromatic heterocycles. The molecule has 24 heavy (non-hydrogen) atoms. The molecule has 0 saturated heterocycles. The summed E-state index contributed by atoms with van der Waals surface area (Å²) < 4.78 is 0. The fraction of sp³-hybridized carbons (Fsp3) is 0.211. The number of para-hydroxylation sites is 1. The van der Waals surface area contributed by atoms with E-state index in [-0.39, 0.29) is 24.0 Å². The lowest BCUT2D eigenvalue weighted by Gasteiger charge is -2.22. The first-order chi connectivity index (χ1) is 11.3. The van der Waals surface area contributed by atoms with Crippen molar-refractivity contribution in [1.82, 2.24) is 15.2 Å². The molecule has 0 aliphatic heterocycles. The zero-order valence-electron chi connectivity index (χ0n) is 14.0. The number of nitrogens with one attached hydrogen (secondary N) is 2. The van der Waals surface area contributed by atoms with Gasteiger partial charge in [-0.2, -0.15) is 0 Å². The Balaban J connectivity index is 0.00000208. The maximum absolute atomic E-state index is 4.37. The van der Waals surface area contributed by atoms with Crippen LogP contribution in [0.25, 0.3) is 10.9 Å². The lowest BCUT2D eigenvalue weighted by molar-refractivity contribution is 0.476. The van der Waals surface area contributed by atoms with Crippen LogP contribution in [0.2, 0.25) is 0 Å². The molecular formula is C19H23IN4. The highest BCUT2D eigenvalue weighted by Crippen LogP contribution is 2.14. The summed E-state index contributed by atoms with van der Waals surface area (Å²) in [6, 6.07) is 20.9. The Bertz CT molecular complexity index is 762. The van der Waals surface area contributed by atoms with Gasteiger partial charge in [-0.1, -0.05) is 48.5 Å². The molecule has 0 atom stereocenters. The summed E-state index contributed by atoms with van der Waals surface area (Å²) in [7, 11) is 3.86. The van der Waals surface area contributed by atoms with E-state index in [4.69, 9.17) is 0 Å². The van der Waals surface area contributed by atoms with E-state index in [1.807, 2.05) is 26.2 Å². The number of aliphatic imine (C=N–C) groups is 1. The minimum absolute atomic E-state index is 0. The number of fused-ring (bicyclic) bond motifs is 1. The van der Waals surface area contributed by atoms with Gasteiger partial charge in [0.1, 0.15) is 0 Å².